The van der Waals surface area contributed by atoms with E-state index < -0.39 is 0 Å². The number of hydrogen-bond acceptors (Lipinski definition) is 5. The van der Waals surface area contributed by atoms with Crippen LogP contribution in [0.1, 0.15) is 19.4 Å². The molecule has 30 heavy (non-hydrogen) atoms. The Morgan fingerprint density at radius 3 is 2.53 bits per heavy atom. The fraction of sp³-hybridized carbons (Fsp3) is 0.167. The maximum atomic E-state index is 12.5. The molecule has 0 aromatic heterocycles. The first-order valence-electron chi connectivity index (χ1n) is 9.84. The van der Waals surface area contributed by atoms with Crippen molar-refractivity contribution in [2.45, 2.75) is 13.8 Å². The summed E-state index contributed by atoms with van der Waals surface area (Å²) >= 11 is 1.32. The molecular weight excluding hydrogens is 396 g/mol. The summed E-state index contributed by atoms with van der Waals surface area (Å²) in [5.74, 6) is 1.39. The number of rotatable bonds is 6. The second kappa shape index (κ2) is 9.05. The molecule has 1 N–H and O–H groups in total. The van der Waals surface area contributed by atoms with Crippen molar-refractivity contribution in [3.05, 3.63) is 71.1 Å². The van der Waals surface area contributed by atoms with Crippen molar-refractivity contribution in [1.82, 2.24) is 5.32 Å². The SMILES string of the molecule is CCOc1ccc2cc(OCC)c(C=C3SC(=Nc4ccccc4)NC3=O)cc2c1. The van der Waals surface area contributed by atoms with Crippen LogP contribution in [0.25, 0.3) is 16.8 Å². The summed E-state index contributed by atoms with van der Waals surface area (Å²) in [5.41, 5.74) is 1.64. The molecule has 5 nitrogen and oxygen atoms in total. The number of nitrogens with one attached hydrogen (secondary N) is 1. The van der Waals surface area contributed by atoms with Gasteiger partial charge in [-0.2, -0.15) is 0 Å². The number of amides is 1. The van der Waals surface area contributed by atoms with Gasteiger partial charge in [-0.25, -0.2) is 4.99 Å². The van der Waals surface area contributed by atoms with Crippen molar-refractivity contribution in [2.24, 2.45) is 4.99 Å². The molecule has 1 aliphatic rings. The van der Waals surface area contributed by atoms with E-state index in [1.54, 1.807) is 0 Å². The van der Waals surface area contributed by atoms with Crippen LogP contribution in [0.4, 0.5) is 5.69 Å². The Labute approximate surface area is 179 Å². The maximum absolute atomic E-state index is 12.5. The lowest BCUT2D eigenvalue weighted by atomic mass is 10.0. The summed E-state index contributed by atoms with van der Waals surface area (Å²) in [5, 5.41) is 5.48. The van der Waals surface area contributed by atoms with Crippen LogP contribution >= 0.6 is 11.8 Å². The van der Waals surface area contributed by atoms with Crippen LogP contribution in [0.5, 0.6) is 11.5 Å². The minimum absolute atomic E-state index is 0.166. The monoisotopic (exact) mass is 418 g/mol. The van der Waals surface area contributed by atoms with E-state index >= 15 is 0 Å². The number of carbonyl (C=O) groups excluding carboxylic acids is 1. The van der Waals surface area contributed by atoms with E-state index in [1.807, 2.05) is 80.6 Å². The van der Waals surface area contributed by atoms with E-state index in [-0.39, 0.29) is 5.91 Å². The Hall–Kier alpha value is -3.25. The van der Waals surface area contributed by atoms with Crippen molar-refractivity contribution < 1.29 is 14.3 Å². The molecule has 1 fully saturated rings. The number of amidine groups is 1. The Morgan fingerprint density at radius 2 is 1.77 bits per heavy atom. The highest BCUT2D eigenvalue weighted by molar-refractivity contribution is 8.18. The number of nitrogens with zero attached hydrogens (tertiary/aromatic N) is 1. The van der Waals surface area contributed by atoms with Gasteiger partial charge in [0.05, 0.1) is 23.8 Å². The molecule has 152 valence electrons. The molecule has 0 aliphatic carbocycles. The predicted octanol–water partition coefficient (Wildman–Crippen LogP) is 5.53. The molecule has 1 amide bonds. The predicted molar refractivity (Wildman–Crippen MR) is 124 cm³/mol. The number of aliphatic imine (C=N–C) groups is 1. The van der Waals surface area contributed by atoms with E-state index in [1.165, 1.54) is 11.8 Å². The van der Waals surface area contributed by atoms with Gasteiger partial charge in [-0.05, 0) is 78.9 Å². The first-order valence-corrected chi connectivity index (χ1v) is 10.7. The van der Waals surface area contributed by atoms with Crippen LogP contribution < -0.4 is 14.8 Å². The molecule has 1 aliphatic heterocycles. The molecule has 3 aromatic rings. The largest absolute Gasteiger partial charge is 0.494 e. The molecule has 0 saturated carbocycles. The number of thioether (sulfide) groups is 1. The third-order valence-electron chi connectivity index (χ3n) is 4.48. The first kappa shape index (κ1) is 20.0. The zero-order valence-corrected chi connectivity index (χ0v) is 17.7. The highest BCUT2D eigenvalue weighted by Crippen LogP contribution is 2.34. The van der Waals surface area contributed by atoms with Gasteiger partial charge in [-0.3, -0.25) is 4.79 Å². The summed E-state index contributed by atoms with van der Waals surface area (Å²) < 4.78 is 11.5. The average molecular weight is 419 g/mol. The van der Waals surface area contributed by atoms with Crippen molar-refractivity contribution in [2.75, 3.05) is 13.2 Å². The van der Waals surface area contributed by atoms with E-state index in [2.05, 4.69) is 10.3 Å². The fourth-order valence-corrected chi connectivity index (χ4v) is 4.00. The number of hydrogen-bond donors (Lipinski definition) is 1. The number of benzene rings is 3. The lowest BCUT2D eigenvalue weighted by molar-refractivity contribution is -0.115. The molecule has 1 heterocycles. The minimum Gasteiger partial charge on any atom is -0.494 e. The van der Waals surface area contributed by atoms with Gasteiger partial charge in [0, 0.05) is 5.56 Å². The summed E-state index contributed by atoms with van der Waals surface area (Å²) in [6.07, 6.45) is 1.85. The lowest BCUT2D eigenvalue weighted by Crippen LogP contribution is -2.19. The third kappa shape index (κ3) is 4.49. The Balaban J connectivity index is 1.70. The van der Waals surface area contributed by atoms with Gasteiger partial charge in [0.2, 0.25) is 0 Å². The molecule has 0 radical (unpaired) electrons. The summed E-state index contributed by atoms with van der Waals surface area (Å²) in [6, 6.07) is 19.5. The van der Waals surface area contributed by atoms with Crippen LogP contribution in [0.15, 0.2) is 70.6 Å². The van der Waals surface area contributed by atoms with Gasteiger partial charge in [0.15, 0.2) is 5.17 Å². The zero-order valence-electron chi connectivity index (χ0n) is 16.8. The van der Waals surface area contributed by atoms with E-state index in [0.29, 0.717) is 23.3 Å². The van der Waals surface area contributed by atoms with Gasteiger partial charge in [-0.1, -0.05) is 24.3 Å². The molecule has 3 aromatic carbocycles. The minimum atomic E-state index is -0.166. The zero-order chi connectivity index (χ0) is 20.9. The summed E-state index contributed by atoms with van der Waals surface area (Å²) in [6.45, 7) is 5.06. The van der Waals surface area contributed by atoms with Crippen molar-refractivity contribution in [3.8, 4) is 11.5 Å². The van der Waals surface area contributed by atoms with Gasteiger partial charge in [0.1, 0.15) is 11.5 Å². The summed E-state index contributed by atoms with van der Waals surface area (Å²) in [7, 11) is 0. The molecule has 0 spiro atoms. The highest BCUT2D eigenvalue weighted by atomic mass is 32.2. The van der Waals surface area contributed by atoms with Crippen LogP contribution in [-0.4, -0.2) is 24.3 Å². The van der Waals surface area contributed by atoms with Crippen molar-refractivity contribution >= 4 is 45.4 Å². The van der Waals surface area contributed by atoms with E-state index in [0.717, 1.165) is 33.5 Å². The van der Waals surface area contributed by atoms with E-state index in [9.17, 15) is 4.79 Å². The number of para-hydroxylation sites is 1. The molecule has 0 bridgehead atoms. The number of fused-ring (bicyclic) bond motifs is 1. The van der Waals surface area contributed by atoms with Crippen LogP contribution in [-0.2, 0) is 4.79 Å². The Kier molecular flexibility index (Phi) is 6.05. The molecule has 4 rings (SSSR count). The molecule has 0 unspecified atom stereocenters. The van der Waals surface area contributed by atoms with Crippen LogP contribution in [0.2, 0.25) is 0 Å². The van der Waals surface area contributed by atoms with Crippen LogP contribution in [0, 0.1) is 0 Å². The number of ether oxygens (including phenoxy) is 2. The Bertz CT molecular complexity index is 1140. The van der Waals surface area contributed by atoms with Gasteiger partial charge in [0.25, 0.3) is 5.91 Å². The second-order valence-corrected chi connectivity index (χ2v) is 7.61. The van der Waals surface area contributed by atoms with Gasteiger partial charge in [-0.15, -0.1) is 0 Å². The van der Waals surface area contributed by atoms with E-state index in [4.69, 9.17) is 9.47 Å². The van der Waals surface area contributed by atoms with Crippen molar-refractivity contribution in [1.29, 1.82) is 0 Å². The molecule has 1 saturated heterocycles. The Morgan fingerprint density at radius 1 is 0.967 bits per heavy atom. The maximum Gasteiger partial charge on any atom is 0.264 e. The lowest BCUT2D eigenvalue weighted by Gasteiger charge is -2.11. The first-order chi connectivity index (χ1) is 14.7. The average Bonchev–Trinajstić information content (AvgIpc) is 3.08. The highest BCUT2D eigenvalue weighted by Gasteiger charge is 2.24. The topological polar surface area (TPSA) is 59.9 Å². The quantitative estimate of drug-likeness (QED) is 0.535. The molecule has 6 heteroatoms. The van der Waals surface area contributed by atoms with Crippen molar-refractivity contribution in [3.63, 3.8) is 0 Å². The molecular formula is C24H22N2O3S. The molecule has 0 atom stereocenters. The van der Waals surface area contributed by atoms with Crippen LogP contribution in [0.3, 0.4) is 0 Å². The second-order valence-electron chi connectivity index (χ2n) is 6.58. The number of carbonyl (C=O) groups is 1. The van der Waals surface area contributed by atoms with Gasteiger partial charge >= 0.3 is 0 Å². The summed E-state index contributed by atoms with van der Waals surface area (Å²) in [4.78, 5) is 17.6. The smallest absolute Gasteiger partial charge is 0.264 e. The fourth-order valence-electron chi connectivity index (χ4n) is 3.16. The third-order valence-corrected chi connectivity index (χ3v) is 5.39. The normalized spacial score (nSPS) is 16.3. The standard InChI is InChI=1S/C24H22N2O3S/c1-3-28-20-11-10-16-14-21(29-4-2)18(12-17(16)13-20)15-22-23(27)26-24(30-22)25-19-8-6-5-7-9-19/h5-15H,3-4H2,1-2H3,(H,25,26,27). The van der Waals surface area contributed by atoms with Gasteiger partial charge < -0.3 is 14.8 Å².